The second-order valence-corrected chi connectivity index (χ2v) is 7.32. The summed E-state index contributed by atoms with van der Waals surface area (Å²) in [5.74, 6) is 0.194. The fourth-order valence-electron chi connectivity index (χ4n) is 4.49. The lowest BCUT2D eigenvalue weighted by atomic mass is 9.72. The minimum Gasteiger partial charge on any atom is -0.293 e. The van der Waals surface area contributed by atoms with Crippen molar-refractivity contribution in [3.05, 3.63) is 94.0 Å². The summed E-state index contributed by atoms with van der Waals surface area (Å²) in [5.41, 5.74) is 8.12. The van der Waals surface area contributed by atoms with Crippen molar-refractivity contribution in [1.82, 2.24) is 0 Å². The molecule has 4 rings (SSSR count). The second kappa shape index (κ2) is 5.42. The van der Waals surface area contributed by atoms with E-state index in [0.29, 0.717) is 0 Å². The van der Waals surface area contributed by atoms with Gasteiger partial charge in [0.1, 0.15) is 0 Å². The van der Waals surface area contributed by atoms with Gasteiger partial charge in [0.2, 0.25) is 0 Å². The first kappa shape index (κ1) is 15.8. The number of hydrogen-bond donors (Lipinski definition) is 0. The Morgan fingerprint density at radius 2 is 1.20 bits per heavy atom. The summed E-state index contributed by atoms with van der Waals surface area (Å²) in [7, 11) is 0. The van der Waals surface area contributed by atoms with Gasteiger partial charge in [-0.3, -0.25) is 4.79 Å². The fraction of sp³-hybridized carbons (Fsp3) is 0.208. The maximum absolute atomic E-state index is 13.8. The monoisotopic (exact) mass is 326 g/mol. The van der Waals surface area contributed by atoms with Crippen molar-refractivity contribution >= 4 is 5.78 Å². The van der Waals surface area contributed by atoms with Crippen molar-refractivity contribution in [1.29, 1.82) is 0 Å². The van der Waals surface area contributed by atoms with E-state index >= 15 is 0 Å². The van der Waals surface area contributed by atoms with Crippen LogP contribution in [0.5, 0.6) is 0 Å². The third kappa shape index (κ3) is 2.12. The highest BCUT2D eigenvalue weighted by Crippen LogP contribution is 2.50. The highest BCUT2D eigenvalue weighted by molar-refractivity contribution is 6.11. The topological polar surface area (TPSA) is 17.1 Å². The zero-order chi connectivity index (χ0) is 17.8. The molecule has 0 N–H and O–H groups in total. The number of carbonyl (C=O) groups excluding carboxylic acids is 1. The van der Waals surface area contributed by atoms with Crippen LogP contribution in [0.4, 0.5) is 0 Å². The van der Waals surface area contributed by atoms with E-state index in [-0.39, 0.29) is 5.78 Å². The smallest absolute Gasteiger partial charge is 0.178 e. The van der Waals surface area contributed by atoms with Gasteiger partial charge >= 0.3 is 0 Å². The first-order valence-electron chi connectivity index (χ1n) is 8.76. The molecule has 0 bridgehead atoms. The van der Waals surface area contributed by atoms with Crippen LogP contribution in [0.15, 0.2) is 60.7 Å². The van der Waals surface area contributed by atoms with Crippen molar-refractivity contribution in [2.24, 2.45) is 0 Å². The zero-order valence-corrected chi connectivity index (χ0v) is 15.2. The Bertz CT molecular complexity index is 942. The molecule has 0 fully saturated rings. The Labute approximate surface area is 149 Å². The van der Waals surface area contributed by atoms with E-state index in [1.54, 1.807) is 0 Å². The number of ketones is 1. The van der Waals surface area contributed by atoms with Crippen LogP contribution >= 0.6 is 0 Å². The van der Waals surface area contributed by atoms with E-state index in [1.165, 1.54) is 16.7 Å². The molecule has 0 unspecified atom stereocenters. The number of aryl methyl sites for hydroxylation is 3. The first-order valence-corrected chi connectivity index (χ1v) is 8.76. The van der Waals surface area contributed by atoms with Gasteiger partial charge < -0.3 is 0 Å². The van der Waals surface area contributed by atoms with Crippen molar-refractivity contribution in [3.63, 3.8) is 0 Å². The van der Waals surface area contributed by atoms with Crippen LogP contribution in [-0.4, -0.2) is 5.78 Å². The zero-order valence-electron chi connectivity index (χ0n) is 15.2. The van der Waals surface area contributed by atoms with Crippen LogP contribution in [0.1, 0.15) is 45.1 Å². The minimum absolute atomic E-state index is 0.194. The van der Waals surface area contributed by atoms with E-state index < -0.39 is 5.41 Å². The molecule has 0 saturated carbocycles. The SMILES string of the molecule is Cc1cc(C)c(C(=O)C2(C)c3ccccc3-c3ccccc32)c(C)c1. The Morgan fingerprint density at radius 1 is 0.760 bits per heavy atom. The van der Waals surface area contributed by atoms with Crippen LogP contribution in [0.3, 0.4) is 0 Å². The molecule has 0 amide bonds. The number of fused-ring (bicyclic) bond motifs is 3. The fourth-order valence-corrected chi connectivity index (χ4v) is 4.49. The number of hydrogen-bond acceptors (Lipinski definition) is 1. The van der Waals surface area contributed by atoms with Gasteiger partial charge in [-0.1, -0.05) is 66.2 Å². The predicted molar refractivity (Wildman–Crippen MR) is 103 cm³/mol. The van der Waals surface area contributed by atoms with Crippen LogP contribution < -0.4 is 0 Å². The van der Waals surface area contributed by atoms with Gasteiger partial charge in [0, 0.05) is 5.56 Å². The number of Topliss-reactive ketones (excluding diaryl/α,β-unsaturated/α-hetero) is 1. The van der Waals surface area contributed by atoms with E-state index in [1.807, 2.05) is 38.1 Å². The molecule has 25 heavy (non-hydrogen) atoms. The molecule has 0 spiro atoms. The van der Waals surface area contributed by atoms with Crippen LogP contribution in [0.2, 0.25) is 0 Å². The summed E-state index contributed by atoms with van der Waals surface area (Å²) in [6.07, 6.45) is 0. The van der Waals surface area contributed by atoms with Crippen LogP contribution in [-0.2, 0) is 5.41 Å². The van der Waals surface area contributed by atoms with Crippen LogP contribution in [0, 0.1) is 20.8 Å². The third-order valence-corrected chi connectivity index (χ3v) is 5.58. The van der Waals surface area contributed by atoms with Crippen molar-refractivity contribution in [2.45, 2.75) is 33.1 Å². The molecular weight excluding hydrogens is 304 g/mol. The largest absolute Gasteiger partial charge is 0.293 e. The summed E-state index contributed by atoms with van der Waals surface area (Å²) >= 11 is 0. The third-order valence-electron chi connectivity index (χ3n) is 5.58. The summed E-state index contributed by atoms with van der Waals surface area (Å²) in [6, 6.07) is 20.8. The van der Waals surface area contributed by atoms with Crippen LogP contribution in [0.25, 0.3) is 11.1 Å². The van der Waals surface area contributed by atoms with Gasteiger partial charge in [-0.15, -0.1) is 0 Å². The lowest BCUT2D eigenvalue weighted by Gasteiger charge is -2.27. The molecule has 0 atom stereocenters. The molecule has 3 aromatic carbocycles. The highest BCUT2D eigenvalue weighted by atomic mass is 16.1. The number of carbonyl (C=O) groups is 1. The van der Waals surface area contributed by atoms with E-state index in [0.717, 1.165) is 27.8 Å². The van der Waals surface area contributed by atoms with Crippen molar-refractivity contribution in [2.75, 3.05) is 0 Å². The maximum atomic E-state index is 13.8. The van der Waals surface area contributed by atoms with Gasteiger partial charge in [-0.2, -0.15) is 0 Å². The molecule has 124 valence electrons. The van der Waals surface area contributed by atoms with Crippen molar-refractivity contribution < 1.29 is 4.79 Å². The molecule has 0 aliphatic heterocycles. The average Bonchev–Trinajstić information content (AvgIpc) is 2.85. The Kier molecular flexibility index (Phi) is 3.43. The van der Waals surface area contributed by atoms with E-state index in [4.69, 9.17) is 0 Å². The molecule has 1 aliphatic carbocycles. The Morgan fingerprint density at radius 3 is 1.68 bits per heavy atom. The normalized spacial score (nSPS) is 14.1. The maximum Gasteiger partial charge on any atom is 0.178 e. The quantitative estimate of drug-likeness (QED) is 0.545. The molecule has 0 radical (unpaired) electrons. The van der Waals surface area contributed by atoms with Gasteiger partial charge in [-0.05, 0) is 61.1 Å². The van der Waals surface area contributed by atoms with Gasteiger partial charge in [0.05, 0.1) is 5.41 Å². The summed E-state index contributed by atoms with van der Waals surface area (Å²) in [5, 5.41) is 0. The highest BCUT2D eigenvalue weighted by Gasteiger charge is 2.45. The number of benzene rings is 3. The number of rotatable bonds is 2. The first-order chi connectivity index (χ1) is 11.9. The predicted octanol–water partition coefficient (Wildman–Crippen LogP) is 5.78. The lowest BCUT2D eigenvalue weighted by Crippen LogP contribution is -2.33. The average molecular weight is 326 g/mol. The Hall–Kier alpha value is -2.67. The molecule has 1 aliphatic rings. The Balaban J connectivity index is 2.01. The second-order valence-electron chi connectivity index (χ2n) is 7.32. The molecule has 1 nitrogen and oxygen atoms in total. The summed E-state index contributed by atoms with van der Waals surface area (Å²) < 4.78 is 0. The van der Waals surface area contributed by atoms with Crippen molar-refractivity contribution in [3.8, 4) is 11.1 Å². The molecule has 0 aromatic heterocycles. The summed E-state index contributed by atoms with van der Waals surface area (Å²) in [4.78, 5) is 13.8. The summed E-state index contributed by atoms with van der Waals surface area (Å²) in [6.45, 7) is 8.25. The molecule has 0 saturated heterocycles. The lowest BCUT2D eigenvalue weighted by molar-refractivity contribution is 0.0924. The molecule has 0 heterocycles. The minimum atomic E-state index is -0.641. The molecule has 3 aromatic rings. The standard InChI is InChI=1S/C24H22O/c1-15-13-16(2)22(17(3)14-15)23(25)24(4)20-11-7-5-9-18(20)19-10-6-8-12-21(19)24/h5-14H,1-4H3. The van der Waals surface area contributed by atoms with E-state index in [2.05, 4.69) is 50.2 Å². The van der Waals surface area contributed by atoms with Gasteiger partial charge in [0.25, 0.3) is 0 Å². The van der Waals surface area contributed by atoms with Gasteiger partial charge in [0.15, 0.2) is 5.78 Å². The van der Waals surface area contributed by atoms with E-state index in [9.17, 15) is 4.79 Å². The molecule has 1 heteroatoms. The van der Waals surface area contributed by atoms with Gasteiger partial charge in [-0.25, -0.2) is 0 Å². The molecular formula is C24H22O.